The van der Waals surface area contributed by atoms with E-state index in [1.54, 1.807) is 38.2 Å². The van der Waals surface area contributed by atoms with Gasteiger partial charge in [0.2, 0.25) is 11.8 Å². The van der Waals surface area contributed by atoms with Crippen molar-refractivity contribution in [3.05, 3.63) is 60.2 Å². The summed E-state index contributed by atoms with van der Waals surface area (Å²) in [5, 5.41) is 2.82. The van der Waals surface area contributed by atoms with Crippen LogP contribution < -0.4 is 10.1 Å². The van der Waals surface area contributed by atoms with Crippen LogP contribution in [0.5, 0.6) is 5.75 Å². The van der Waals surface area contributed by atoms with Crippen molar-refractivity contribution in [1.82, 2.24) is 9.80 Å². The number of rotatable bonds is 8. The summed E-state index contributed by atoms with van der Waals surface area (Å²) in [6.45, 7) is 0.843. The molecule has 0 saturated carbocycles. The van der Waals surface area contributed by atoms with Crippen LogP contribution in [0.4, 0.5) is 5.69 Å². The van der Waals surface area contributed by atoms with Gasteiger partial charge in [-0.05, 0) is 36.9 Å². The number of likely N-dealkylation sites (N-methyl/N-ethyl adjacent to an activating group) is 2. The van der Waals surface area contributed by atoms with Gasteiger partial charge in [0, 0.05) is 19.8 Å². The molecule has 138 valence electrons. The summed E-state index contributed by atoms with van der Waals surface area (Å²) in [7, 11) is 5.12. The first-order valence-corrected chi connectivity index (χ1v) is 8.39. The lowest BCUT2D eigenvalue weighted by atomic mass is 10.2. The average Bonchev–Trinajstić information content (AvgIpc) is 2.61. The third-order valence-electron chi connectivity index (χ3n) is 3.70. The van der Waals surface area contributed by atoms with E-state index in [0.717, 1.165) is 11.3 Å². The largest absolute Gasteiger partial charge is 0.489 e. The molecule has 0 bridgehead atoms. The fraction of sp³-hybridized carbons (Fsp3) is 0.300. The molecule has 0 aliphatic rings. The van der Waals surface area contributed by atoms with Crippen molar-refractivity contribution in [3.8, 4) is 5.75 Å². The Hall–Kier alpha value is -2.86. The Balaban J connectivity index is 1.79. The van der Waals surface area contributed by atoms with E-state index in [9.17, 15) is 9.59 Å². The second-order valence-corrected chi connectivity index (χ2v) is 6.31. The molecule has 0 aliphatic heterocycles. The summed E-state index contributed by atoms with van der Waals surface area (Å²) in [4.78, 5) is 26.9. The summed E-state index contributed by atoms with van der Waals surface area (Å²) in [5.74, 6) is 0.526. The number of hydrogen-bond acceptors (Lipinski definition) is 4. The van der Waals surface area contributed by atoms with Gasteiger partial charge in [0.1, 0.15) is 12.4 Å². The van der Waals surface area contributed by atoms with E-state index in [1.807, 2.05) is 42.5 Å². The summed E-state index contributed by atoms with van der Waals surface area (Å²) in [6, 6.07) is 17.1. The first kappa shape index (κ1) is 19.5. The standard InChI is InChI=1S/C20H25N3O3/c1-22(2)20(25)14-23(3)13-19(24)21-17-9-11-18(12-10-17)26-15-16-7-5-4-6-8-16/h4-12H,13-15H2,1-3H3,(H,21,24). The van der Waals surface area contributed by atoms with Crippen LogP contribution in [-0.2, 0) is 16.2 Å². The minimum Gasteiger partial charge on any atom is -0.489 e. The second kappa shape index (κ2) is 9.58. The molecule has 0 fully saturated rings. The number of carbonyl (C=O) groups is 2. The molecule has 0 spiro atoms. The Kier molecular flexibility index (Phi) is 7.17. The molecule has 6 heteroatoms. The second-order valence-electron chi connectivity index (χ2n) is 6.31. The van der Waals surface area contributed by atoms with Crippen molar-refractivity contribution >= 4 is 17.5 Å². The lowest BCUT2D eigenvalue weighted by molar-refractivity contribution is -0.130. The molecule has 26 heavy (non-hydrogen) atoms. The number of benzene rings is 2. The lowest BCUT2D eigenvalue weighted by Crippen LogP contribution is -2.38. The van der Waals surface area contributed by atoms with Crippen molar-refractivity contribution in [2.75, 3.05) is 39.5 Å². The van der Waals surface area contributed by atoms with Crippen LogP contribution in [0.3, 0.4) is 0 Å². The molecule has 2 aromatic rings. The molecule has 0 heterocycles. The van der Waals surface area contributed by atoms with Crippen molar-refractivity contribution in [2.45, 2.75) is 6.61 Å². The lowest BCUT2D eigenvalue weighted by Gasteiger charge is -2.18. The van der Waals surface area contributed by atoms with Crippen molar-refractivity contribution < 1.29 is 14.3 Å². The van der Waals surface area contributed by atoms with Crippen molar-refractivity contribution in [2.24, 2.45) is 0 Å². The van der Waals surface area contributed by atoms with Gasteiger partial charge in [-0.25, -0.2) is 0 Å². The highest BCUT2D eigenvalue weighted by atomic mass is 16.5. The highest BCUT2D eigenvalue weighted by molar-refractivity contribution is 5.92. The topological polar surface area (TPSA) is 61.9 Å². The Morgan fingerprint density at radius 2 is 1.58 bits per heavy atom. The molecular formula is C20H25N3O3. The number of ether oxygens (including phenoxy) is 1. The van der Waals surface area contributed by atoms with Crippen LogP contribution in [0.25, 0.3) is 0 Å². The smallest absolute Gasteiger partial charge is 0.238 e. The average molecular weight is 355 g/mol. The number of nitrogens with one attached hydrogen (secondary N) is 1. The molecule has 0 unspecified atom stereocenters. The predicted molar refractivity (Wildman–Crippen MR) is 102 cm³/mol. The molecule has 2 rings (SSSR count). The normalized spacial score (nSPS) is 10.5. The van der Waals surface area contributed by atoms with Crippen molar-refractivity contribution in [3.63, 3.8) is 0 Å². The zero-order chi connectivity index (χ0) is 18.9. The molecule has 0 saturated heterocycles. The van der Waals surface area contributed by atoms with Crippen LogP contribution in [0.1, 0.15) is 5.56 Å². The molecule has 2 aromatic carbocycles. The molecule has 1 N–H and O–H groups in total. The van der Waals surface area contributed by atoms with E-state index in [0.29, 0.717) is 12.3 Å². The van der Waals surface area contributed by atoms with Gasteiger partial charge < -0.3 is 15.0 Å². The van der Waals surface area contributed by atoms with Crippen LogP contribution in [-0.4, -0.2) is 55.8 Å². The number of hydrogen-bond donors (Lipinski definition) is 1. The highest BCUT2D eigenvalue weighted by Crippen LogP contribution is 2.17. The fourth-order valence-electron chi connectivity index (χ4n) is 2.25. The maximum Gasteiger partial charge on any atom is 0.238 e. The molecule has 0 aliphatic carbocycles. The number of carbonyl (C=O) groups excluding carboxylic acids is 2. The number of anilines is 1. The minimum atomic E-state index is -0.169. The molecule has 0 aromatic heterocycles. The maximum atomic E-state index is 12.1. The van der Waals surface area contributed by atoms with E-state index in [1.165, 1.54) is 4.90 Å². The Morgan fingerprint density at radius 3 is 2.19 bits per heavy atom. The Morgan fingerprint density at radius 1 is 0.923 bits per heavy atom. The van der Waals surface area contributed by atoms with Gasteiger partial charge in [-0.3, -0.25) is 14.5 Å². The van der Waals surface area contributed by atoms with Crippen LogP contribution in [0, 0.1) is 0 Å². The van der Waals surface area contributed by atoms with E-state index in [2.05, 4.69) is 5.32 Å². The maximum absolute atomic E-state index is 12.1. The monoisotopic (exact) mass is 355 g/mol. The summed E-state index contributed by atoms with van der Waals surface area (Å²) in [6.07, 6.45) is 0. The van der Waals surface area contributed by atoms with E-state index in [4.69, 9.17) is 4.74 Å². The van der Waals surface area contributed by atoms with E-state index < -0.39 is 0 Å². The SMILES string of the molecule is CN(CC(=O)Nc1ccc(OCc2ccccc2)cc1)CC(=O)N(C)C. The van der Waals surface area contributed by atoms with Crippen LogP contribution >= 0.6 is 0 Å². The molecule has 6 nitrogen and oxygen atoms in total. The number of nitrogens with zero attached hydrogens (tertiary/aromatic N) is 2. The Labute approximate surface area is 154 Å². The third-order valence-corrected chi connectivity index (χ3v) is 3.70. The summed E-state index contributed by atoms with van der Waals surface area (Å²) < 4.78 is 5.72. The molecule has 0 radical (unpaired) electrons. The van der Waals surface area contributed by atoms with Gasteiger partial charge in [0.05, 0.1) is 13.1 Å². The van der Waals surface area contributed by atoms with E-state index >= 15 is 0 Å². The van der Waals surface area contributed by atoms with Gasteiger partial charge >= 0.3 is 0 Å². The number of amides is 2. The van der Waals surface area contributed by atoms with Crippen molar-refractivity contribution in [1.29, 1.82) is 0 Å². The van der Waals surface area contributed by atoms with Crippen LogP contribution in [0.15, 0.2) is 54.6 Å². The minimum absolute atomic E-state index is 0.0415. The quantitative estimate of drug-likeness (QED) is 0.789. The first-order valence-electron chi connectivity index (χ1n) is 8.39. The summed E-state index contributed by atoms with van der Waals surface area (Å²) in [5.41, 5.74) is 1.79. The van der Waals surface area contributed by atoms with Gasteiger partial charge in [-0.2, -0.15) is 0 Å². The first-order chi connectivity index (χ1) is 12.4. The molecule has 2 amide bonds. The fourth-order valence-corrected chi connectivity index (χ4v) is 2.25. The van der Waals surface area contributed by atoms with Crippen LogP contribution in [0.2, 0.25) is 0 Å². The zero-order valence-corrected chi connectivity index (χ0v) is 15.4. The summed E-state index contributed by atoms with van der Waals surface area (Å²) >= 11 is 0. The third kappa shape index (κ3) is 6.57. The predicted octanol–water partition coefficient (Wildman–Crippen LogP) is 2.22. The van der Waals surface area contributed by atoms with Gasteiger partial charge in [-0.1, -0.05) is 30.3 Å². The van der Waals surface area contributed by atoms with Gasteiger partial charge in [0.25, 0.3) is 0 Å². The molecule has 0 atom stereocenters. The zero-order valence-electron chi connectivity index (χ0n) is 15.4. The Bertz CT molecular complexity index is 715. The molecular weight excluding hydrogens is 330 g/mol. The van der Waals surface area contributed by atoms with Gasteiger partial charge in [0.15, 0.2) is 0 Å². The van der Waals surface area contributed by atoms with E-state index in [-0.39, 0.29) is 24.9 Å². The van der Waals surface area contributed by atoms with Gasteiger partial charge in [-0.15, -0.1) is 0 Å². The highest BCUT2D eigenvalue weighted by Gasteiger charge is 2.12.